The third-order valence-electron chi connectivity index (χ3n) is 3.30. The molecule has 1 aromatic carbocycles. The Bertz CT molecular complexity index is 542. The number of fused-ring (bicyclic) bond motifs is 1. The van der Waals surface area contributed by atoms with Crippen LogP contribution in [0.15, 0.2) is 34.7 Å². The van der Waals surface area contributed by atoms with Gasteiger partial charge in [0, 0.05) is 24.2 Å². The van der Waals surface area contributed by atoms with Gasteiger partial charge in [0.15, 0.2) is 5.17 Å². The fraction of sp³-hybridized carbons (Fsp3) is 0.357. The maximum absolute atomic E-state index is 9.30. The predicted molar refractivity (Wildman–Crippen MR) is 82.6 cm³/mol. The maximum Gasteiger partial charge on any atom is 0.168 e. The largest absolute Gasteiger partial charge is 0.394 e. The first-order valence-corrected chi connectivity index (χ1v) is 7.48. The van der Waals surface area contributed by atoms with Crippen molar-refractivity contribution in [1.82, 2.24) is 4.90 Å². The van der Waals surface area contributed by atoms with Gasteiger partial charge in [0.2, 0.25) is 0 Å². The lowest BCUT2D eigenvalue weighted by Gasteiger charge is -2.17. The van der Waals surface area contributed by atoms with E-state index in [4.69, 9.17) is 5.11 Å². The molecule has 2 heterocycles. The quantitative estimate of drug-likeness (QED) is 0.760. The summed E-state index contributed by atoms with van der Waals surface area (Å²) in [6.45, 7) is 1.94. The predicted octanol–water partition coefficient (Wildman–Crippen LogP) is 1.17. The van der Waals surface area contributed by atoms with Crippen LogP contribution >= 0.6 is 11.8 Å². The smallest absolute Gasteiger partial charge is 0.168 e. The van der Waals surface area contributed by atoms with Gasteiger partial charge in [0.1, 0.15) is 0 Å². The SMILES string of the molecule is OCC(O)CNc1ccc(C2=CSC3=NCCN23)cc1. The molecule has 1 atom stereocenters. The fourth-order valence-electron chi connectivity index (χ4n) is 2.21. The van der Waals surface area contributed by atoms with E-state index < -0.39 is 6.10 Å². The van der Waals surface area contributed by atoms with E-state index in [-0.39, 0.29) is 6.61 Å². The number of rotatable bonds is 5. The number of benzene rings is 1. The molecule has 0 saturated heterocycles. The molecule has 0 bridgehead atoms. The molecule has 1 unspecified atom stereocenters. The highest BCUT2D eigenvalue weighted by Crippen LogP contribution is 2.35. The van der Waals surface area contributed by atoms with E-state index in [1.165, 1.54) is 5.70 Å². The van der Waals surface area contributed by atoms with E-state index >= 15 is 0 Å². The van der Waals surface area contributed by atoms with Gasteiger partial charge in [-0.15, -0.1) is 0 Å². The molecule has 0 amide bonds. The average Bonchev–Trinajstić information content (AvgIpc) is 3.08. The Hall–Kier alpha value is -1.50. The van der Waals surface area contributed by atoms with Crippen LogP contribution in [0, 0.1) is 0 Å². The second-order valence-corrected chi connectivity index (χ2v) is 5.57. The summed E-state index contributed by atoms with van der Waals surface area (Å²) in [6, 6.07) is 8.08. The molecule has 0 aliphatic carbocycles. The van der Waals surface area contributed by atoms with Gasteiger partial charge in [0.05, 0.1) is 25.0 Å². The van der Waals surface area contributed by atoms with Crippen LogP contribution in [0.3, 0.4) is 0 Å². The fourth-order valence-corrected chi connectivity index (χ4v) is 3.17. The van der Waals surface area contributed by atoms with Crippen molar-refractivity contribution in [3.63, 3.8) is 0 Å². The van der Waals surface area contributed by atoms with Crippen molar-refractivity contribution in [2.24, 2.45) is 4.99 Å². The monoisotopic (exact) mass is 291 g/mol. The molecular formula is C14H17N3O2S. The molecule has 20 heavy (non-hydrogen) atoms. The second kappa shape index (κ2) is 5.87. The van der Waals surface area contributed by atoms with Gasteiger partial charge in [-0.2, -0.15) is 0 Å². The van der Waals surface area contributed by atoms with E-state index in [1.807, 2.05) is 12.1 Å². The number of nitrogens with zero attached hydrogens (tertiary/aromatic N) is 2. The van der Waals surface area contributed by atoms with Crippen LogP contribution in [0.1, 0.15) is 5.56 Å². The number of amidine groups is 1. The summed E-state index contributed by atoms with van der Waals surface area (Å²) in [5, 5.41) is 24.4. The summed E-state index contributed by atoms with van der Waals surface area (Å²) in [5.41, 5.74) is 3.30. The van der Waals surface area contributed by atoms with Gasteiger partial charge in [-0.1, -0.05) is 23.9 Å². The van der Waals surface area contributed by atoms with E-state index in [0.29, 0.717) is 6.54 Å². The third-order valence-corrected chi connectivity index (χ3v) is 4.20. The number of aliphatic imine (C=N–C) groups is 1. The molecule has 0 radical (unpaired) electrons. The Kier molecular flexibility index (Phi) is 3.95. The minimum Gasteiger partial charge on any atom is -0.394 e. The van der Waals surface area contributed by atoms with Crippen LogP contribution in [0.5, 0.6) is 0 Å². The number of thioether (sulfide) groups is 1. The lowest BCUT2D eigenvalue weighted by atomic mass is 10.1. The Labute approximate surface area is 122 Å². The van der Waals surface area contributed by atoms with E-state index in [1.54, 1.807) is 11.8 Å². The van der Waals surface area contributed by atoms with Crippen molar-refractivity contribution in [2.45, 2.75) is 6.10 Å². The second-order valence-electron chi connectivity index (χ2n) is 4.73. The number of aliphatic hydroxyl groups excluding tert-OH is 2. The van der Waals surface area contributed by atoms with Gasteiger partial charge in [-0.25, -0.2) is 0 Å². The highest BCUT2D eigenvalue weighted by Gasteiger charge is 2.26. The molecule has 3 rings (SSSR count). The van der Waals surface area contributed by atoms with Gasteiger partial charge in [0.25, 0.3) is 0 Å². The molecule has 2 aliphatic heterocycles. The number of nitrogens with one attached hydrogen (secondary N) is 1. The first-order valence-electron chi connectivity index (χ1n) is 6.60. The van der Waals surface area contributed by atoms with Crippen LogP contribution < -0.4 is 5.32 Å². The molecule has 0 aromatic heterocycles. The molecule has 0 fully saturated rings. The Morgan fingerprint density at radius 2 is 2.15 bits per heavy atom. The number of hydrogen-bond donors (Lipinski definition) is 3. The Balaban J connectivity index is 1.66. The Morgan fingerprint density at radius 1 is 1.35 bits per heavy atom. The van der Waals surface area contributed by atoms with E-state index in [0.717, 1.165) is 29.5 Å². The number of aliphatic hydroxyl groups is 2. The Morgan fingerprint density at radius 3 is 2.90 bits per heavy atom. The molecule has 6 heteroatoms. The number of hydrogen-bond acceptors (Lipinski definition) is 6. The lowest BCUT2D eigenvalue weighted by molar-refractivity contribution is 0.105. The summed E-state index contributed by atoms with van der Waals surface area (Å²) in [7, 11) is 0. The van der Waals surface area contributed by atoms with Gasteiger partial charge in [-0.3, -0.25) is 4.99 Å². The molecule has 1 aromatic rings. The first-order chi connectivity index (χ1) is 9.78. The maximum atomic E-state index is 9.30. The lowest BCUT2D eigenvalue weighted by Crippen LogP contribution is -2.23. The zero-order chi connectivity index (χ0) is 13.9. The van der Waals surface area contributed by atoms with Crippen LogP contribution in [-0.2, 0) is 0 Å². The number of anilines is 1. The van der Waals surface area contributed by atoms with E-state index in [9.17, 15) is 5.11 Å². The van der Waals surface area contributed by atoms with E-state index in [2.05, 4.69) is 32.7 Å². The molecule has 0 spiro atoms. The van der Waals surface area contributed by atoms with Crippen molar-refractivity contribution in [2.75, 3.05) is 31.6 Å². The average molecular weight is 291 g/mol. The molecule has 2 aliphatic rings. The van der Waals surface area contributed by atoms with Crippen LogP contribution in [0.4, 0.5) is 5.69 Å². The molecule has 106 valence electrons. The highest BCUT2D eigenvalue weighted by molar-refractivity contribution is 8.16. The summed E-state index contributed by atoms with van der Waals surface area (Å²) >= 11 is 1.67. The first kappa shape index (κ1) is 13.5. The summed E-state index contributed by atoms with van der Waals surface area (Å²) < 4.78 is 0. The van der Waals surface area contributed by atoms with Gasteiger partial charge < -0.3 is 20.4 Å². The van der Waals surface area contributed by atoms with Gasteiger partial charge >= 0.3 is 0 Å². The normalized spacial score (nSPS) is 18.6. The van der Waals surface area contributed by atoms with Crippen LogP contribution in [-0.4, -0.2) is 52.6 Å². The molecule has 5 nitrogen and oxygen atoms in total. The van der Waals surface area contributed by atoms with Crippen molar-refractivity contribution in [3.8, 4) is 0 Å². The summed E-state index contributed by atoms with van der Waals surface area (Å²) in [5.74, 6) is 0. The summed E-state index contributed by atoms with van der Waals surface area (Å²) in [4.78, 5) is 6.68. The molecular weight excluding hydrogens is 274 g/mol. The topological polar surface area (TPSA) is 68.1 Å². The zero-order valence-corrected chi connectivity index (χ0v) is 11.8. The van der Waals surface area contributed by atoms with Crippen LogP contribution in [0.2, 0.25) is 0 Å². The zero-order valence-electron chi connectivity index (χ0n) is 11.0. The van der Waals surface area contributed by atoms with Crippen molar-refractivity contribution < 1.29 is 10.2 Å². The standard InChI is InChI=1S/C14H17N3O2S/c18-8-12(19)7-16-11-3-1-10(2-4-11)13-9-20-14-15-5-6-17(13)14/h1-4,9,12,16,18-19H,5-8H2. The third kappa shape index (κ3) is 2.67. The van der Waals surface area contributed by atoms with Crippen molar-refractivity contribution in [1.29, 1.82) is 0 Å². The molecule has 0 saturated carbocycles. The van der Waals surface area contributed by atoms with Crippen LogP contribution in [0.25, 0.3) is 5.70 Å². The minimum absolute atomic E-state index is 0.230. The minimum atomic E-state index is -0.730. The van der Waals surface area contributed by atoms with Gasteiger partial charge in [-0.05, 0) is 17.7 Å². The summed E-state index contributed by atoms with van der Waals surface area (Å²) in [6.07, 6.45) is -0.730. The van der Waals surface area contributed by atoms with Crippen molar-refractivity contribution in [3.05, 3.63) is 35.2 Å². The van der Waals surface area contributed by atoms with Crippen molar-refractivity contribution >= 4 is 28.3 Å². The molecule has 3 N–H and O–H groups in total. The highest BCUT2D eigenvalue weighted by atomic mass is 32.2.